The molecule has 0 saturated heterocycles. The molecule has 1 aromatic carbocycles. The van der Waals surface area contributed by atoms with E-state index in [1.165, 1.54) is 0 Å². The minimum atomic E-state index is -2.43. The summed E-state index contributed by atoms with van der Waals surface area (Å²) >= 11 is 6.16. The lowest BCUT2D eigenvalue weighted by molar-refractivity contribution is 0.0145. The van der Waals surface area contributed by atoms with Gasteiger partial charge in [0.25, 0.3) is 6.43 Å². The molecule has 0 aliphatic heterocycles. The Morgan fingerprint density at radius 3 is 2.63 bits per heavy atom. The van der Waals surface area contributed by atoms with Gasteiger partial charge >= 0.3 is 0 Å². The highest BCUT2D eigenvalue weighted by molar-refractivity contribution is 6.31. The maximum Gasteiger partial charge on any atom is 0.261 e. The highest BCUT2D eigenvalue weighted by Gasteiger charge is 2.14. The average Bonchev–Trinajstić information content (AvgIpc) is 2.39. The predicted octanol–water partition coefficient (Wildman–Crippen LogP) is 3.28. The predicted molar refractivity (Wildman–Crippen MR) is 71.2 cm³/mol. The van der Waals surface area contributed by atoms with Crippen LogP contribution in [-0.4, -0.2) is 33.8 Å². The first kappa shape index (κ1) is 16.1. The molecule has 1 atom stereocenters. The third-order valence-electron chi connectivity index (χ3n) is 2.73. The quantitative estimate of drug-likeness (QED) is 0.746. The molecular formula is C13H18ClF2NO2. The van der Waals surface area contributed by atoms with Crippen LogP contribution in [0.5, 0.6) is 5.75 Å². The molecule has 6 heteroatoms. The fraction of sp³-hybridized carbons (Fsp3) is 0.538. The lowest BCUT2D eigenvalue weighted by atomic mass is 10.0. The van der Waals surface area contributed by atoms with Crippen molar-refractivity contribution in [1.82, 2.24) is 5.32 Å². The van der Waals surface area contributed by atoms with Crippen LogP contribution in [0.2, 0.25) is 5.02 Å². The molecule has 0 amide bonds. The average molecular weight is 294 g/mol. The van der Waals surface area contributed by atoms with Crippen molar-refractivity contribution in [2.75, 3.05) is 27.4 Å². The SMILES string of the molecule is CNC(CCOCC(F)F)c1ccc(OC)cc1Cl. The van der Waals surface area contributed by atoms with Crippen molar-refractivity contribution in [3.8, 4) is 5.75 Å². The molecule has 0 radical (unpaired) electrons. The summed E-state index contributed by atoms with van der Waals surface area (Å²) in [5.74, 6) is 0.678. The molecule has 19 heavy (non-hydrogen) atoms. The summed E-state index contributed by atoms with van der Waals surface area (Å²) < 4.78 is 33.8. The van der Waals surface area contributed by atoms with Gasteiger partial charge in [0.2, 0.25) is 0 Å². The van der Waals surface area contributed by atoms with Crippen molar-refractivity contribution in [1.29, 1.82) is 0 Å². The summed E-state index contributed by atoms with van der Waals surface area (Å²) in [6, 6.07) is 5.35. The largest absolute Gasteiger partial charge is 0.497 e. The van der Waals surface area contributed by atoms with Gasteiger partial charge in [-0.25, -0.2) is 8.78 Å². The summed E-state index contributed by atoms with van der Waals surface area (Å²) in [4.78, 5) is 0. The third-order valence-corrected chi connectivity index (χ3v) is 3.05. The van der Waals surface area contributed by atoms with E-state index >= 15 is 0 Å². The first-order valence-corrected chi connectivity index (χ1v) is 6.32. The molecule has 1 N–H and O–H groups in total. The van der Waals surface area contributed by atoms with Crippen LogP contribution in [0, 0.1) is 0 Å². The molecule has 0 spiro atoms. The zero-order valence-corrected chi connectivity index (χ0v) is 11.7. The van der Waals surface area contributed by atoms with Crippen molar-refractivity contribution in [2.24, 2.45) is 0 Å². The Morgan fingerprint density at radius 2 is 2.11 bits per heavy atom. The summed E-state index contributed by atoms with van der Waals surface area (Å²) in [6.45, 7) is -0.287. The summed E-state index contributed by atoms with van der Waals surface area (Å²) in [6.07, 6.45) is -1.87. The highest BCUT2D eigenvalue weighted by Crippen LogP contribution is 2.28. The first-order valence-electron chi connectivity index (χ1n) is 5.95. The minimum Gasteiger partial charge on any atom is -0.497 e. The fourth-order valence-electron chi connectivity index (χ4n) is 1.75. The van der Waals surface area contributed by atoms with E-state index in [0.717, 1.165) is 5.56 Å². The summed E-state index contributed by atoms with van der Waals surface area (Å²) in [5, 5.41) is 3.67. The molecule has 1 aromatic rings. The Morgan fingerprint density at radius 1 is 1.37 bits per heavy atom. The van der Waals surface area contributed by atoms with Crippen LogP contribution in [0.3, 0.4) is 0 Å². The maximum absolute atomic E-state index is 11.9. The Kier molecular flexibility index (Phi) is 7.05. The lowest BCUT2D eigenvalue weighted by Gasteiger charge is -2.18. The van der Waals surface area contributed by atoms with Crippen molar-refractivity contribution < 1.29 is 18.3 Å². The fourth-order valence-corrected chi connectivity index (χ4v) is 2.05. The van der Waals surface area contributed by atoms with E-state index in [-0.39, 0.29) is 12.6 Å². The minimum absolute atomic E-state index is 0.0453. The van der Waals surface area contributed by atoms with Crippen LogP contribution < -0.4 is 10.1 Å². The van der Waals surface area contributed by atoms with E-state index < -0.39 is 13.0 Å². The lowest BCUT2D eigenvalue weighted by Crippen LogP contribution is -2.19. The van der Waals surface area contributed by atoms with Gasteiger partial charge in [0.15, 0.2) is 0 Å². The normalized spacial score (nSPS) is 12.7. The van der Waals surface area contributed by atoms with Gasteiger partial charge in [-0.3, -0.25) is 0 Å². The monoisotopic (exact) mass is 293 g/mol. The number of rotatable bonds is 8. The Labute approximate surface area is 116 Å². The number of nitrogens with one attached hydrogen (secondary N) is 1. The van der Waals surface area contributed by atoms with Crippen LogP contribution in [-0.2, 0) is 4.74 Å². The van der Waals surface area contributed by atoms with Crippen LogP contribution in [0.4, 0.5) is 8.78 Å². The van der Waals surface area contributed by atoms with E-state index in [9.17, 15) is 8.78 Å². The second-order valence-corrected chi connectivity index (χ2v) is 4.39. The van der Waals surface area contributed by atoms with E-state index in [1.54, 1.807) is 20.2 Å². The smallest absolute Gasteiger partial charge is 0.261 e. The molecule has 0 saturated carbocycles. The number of alkyl halides is 2. The molecule has 0 aromatic heterocycles. The number of hydrogen-bond acceptors (Lipinski definition) is 3. The van der Waals surface area contributed by atoms with Crippen molar-refractivity contribution in [3.63, 3.8) is 0 Å². The highest BCUT2D eigenvalue weighted by atomic mass is 35.5. The first-order chi connectivity index (χ1) is 9.08. The zero-order valence-electron chi connectivity index (χ0n) is 11.0. The Balaban J connectivity index is 2.59. The summed E-state index contributed by atoms with van der Waals surface area (Å²) in [7, 11) is 3.36. The standard InChI is InChI=1S/C13H18ClF2NO2/c1-17-12(5-6-19-8-13(15)16)10-4-3-9(18-2)7-11(10)14/h3-4,7,12-13,17H,5-6,8H2,1-2H3. The van der Waals surface area contributed by atoms with Crippen LogP contribution in [0.25, 0.3) is 0 Å². The van der Waals surface area contributed by atoms with Crippen molar-refractivity contribution in [3.05, 3.63) is 28.8 Å². The van der Waals surface area contributed by atoms with Gasteiger partial charge in [0, 0.05) is 17.7 Å². The molecule has 1 rings (SSSR count). The third kappa shape index (κ3) is 5.30. The van der Waals surface area contributed by atoms with Gasteiger partial charge in [-0.05, 0) is 31.2 Å². The zero-order chi connectivity index (χ0) is 14.3. The van der Waals surface area contributed by atoms with E-state index in [2.05, 4.69) is 5.32 Å². The van der Waals surface area contributed by atoms with Crippen LogP contribution in [0.1, 0.15) is 18.0 Å². The second-order valence-electron chi connectivity index (χ2n) is 3.98. The van der Waals surface area contributed by atoms with Gasteiger partial charge < -0.3 is 14.8 Å². The number of ether oxygens (including phenoxy) is 2. The van der Waals surface area contributed by atoms with Gasteiger partial charge in [-0.2, -0.15) is 0 Å². The van der Waals surface area contributed by atoms with Crippen LogP contribution in [0.15, 0.2) is 18.2 Å². The molecule has 0 aliphatic carbocycles. The Hall–Kier alpha value is -0.910. The number of halogens is 3. The molecule has 0 aliphatic rings. The number of benzene rings is 1. The van der Waals surface area contributed by atoms with Gasteiger partial charge in [0.1, 0.15) is 12.4 Å². The van der Waals surface area contributed by atoms with Crippen molar-refractivity contribution >= 4 is 11.6 Å². The molecule has 0 bridgehead atoms. The van der Waals surface area contributed by atoms with E-state index in [4.69, 9.17) is 21.1 Å². The molecule has 0 fully saturated rings. The van der Waals surface area contributed by atoms with Crippen molar-refractivity contribution in [2.45, 2.75) is 18.9 Å². The molecule has 0 heterocycles. The van der Waals surface area contributed by atoms with Gasteiger partial charge in [-0.15, -0.1) is 0 Å². The van der Waals surface area contributed by atoms with Gasteiger partial charge in [-0.1, -0.05) is 17.7 Å². The summed E-state index contributed by atoms with van der Waals surface area (Å²) in [5.41, 5.74) is 0.894. The molecule has 3 nitrogen and oxygen atoms in total. The number of methoxy groups -OCH3 is 1. The molecule has 108 valence electrons. The van der Waals surface area contributed by atoms with E-state index in [1.807, 2.05) is 12.1 Å². The van der Waals surface area contributed by atoms with Gasteiger partial charge in [0.05, 0.1) is 7.11 Å². The second kappa shape index (κ2) is 8.30. The number of hydrogen-bond donors (Lipinski definition) is 1. The van der Waals surface area contributed by atoms with Crippen LogP contribution >= 0.6 is 11.6 Å². The molecular weight excluding hydrogens is 276 g/mol. The maximum atomic E-state index is 11.9. The molecule has 1 unspecified atom stereocenters. The van der Waals surface area contributed by atoms with E-state index in [0.29, 0.717) is 17.2 Å². The Bertz CT molecular complexity index is 391. The topological polar surface area (TPSA) is 30.5 Å².